The summed E-state index contributed by atoms with van der Waals surface area (Å²) in [5.41, 5.74) is 2.51. The summed E-state index contributed by atoms with van der Waals surface area (Å²) in [4.78, 5) is 40.0. The Balaban J connectivity index is 1.35. The van der Waals surface area contributed by atoms with Crippen molar-refractivity contribution in [2.24, 2.45) is 0 Å². The number of hydrogen-bond donors (Lipinski definition) is 3. The Morgan fingerprint density at radius 3 is 2.67 bits per heavy atom. The van der Waals surface area contributed by atoms with E-state index < -0.39 is 16.9 Å². The Bertz CT molecular complexity index is 1480. The summed E-state index contributed by atoms with van der Waals surface area (Å²) < 4.78 is 1.47. The Hall–Kier alpha value is -3.45. The molecule has 9 nitrogen and oxygen atoms in total. The SMILES string of the molecule is O=C(Nc1ccc2nc(Sc3ccc([C@@H]4N[C@H](C(=O)O)CS4)cc3[N+](=O)[O-])sc2c1)c1ccccc1. The maximum Gasteiger partial charge on any atom is 0.321 e. The van der Waals surface area contributed by atoms with E-state index in [2.05, 4.69) is 15.6 Å². The van der Waals surface area contributed by atoms with Crippen LogP contribution < -0.4 is 10.6 Å². The molecule has 3 N–H and O–H groups in total. The molecule has 1 amide bonds. The fraction of sp³-hybridized carbons (Fsp3) is 0.125. The first kappa shape index (κ1) is 24.3. The number of hydrogen-bond acceptors (Lipinski definition) is 9. The quantitative estimate of drug-likeness (QED) is 0.209. The Morgan fingerprint density at radius 1 is 1.14 bits per heavy atom. The van der Waals surface area contributed by atoms with Gasteiger partial charge in [-0.1, -0.05) is 36.0 Å². The molecular formula is C24H18N4O5S3. The summed E-state index contributed by atoms with van der Waals surface area (Å²) in [7, 11) is 0. The first-order valence-corrected chi connectivity index (χ1v) is 13.4. The number of fused-ring (bicyclic) bond motifs is 1. The van der Waals surface area contributed by atoms with Crippen LogP contribution in [0.3, 0.4) is 0 Å². The van der Waals surface area contributed by atoms with Crippen molar-refractivity contribution in [2.45, 2.75) is 20.7 Å². The number of aromatic nitrogens is 1. The van der Waals surface area contributed by atoms with Crippen molar-refractivity contribution in [3.63, 3.8) is 0 Å². The molecule has 0 bridgehead atoms. The van der Waals surface area contributed by atoms with Gasteiger partial charge in [0.25, 0.3) is 11.6 Å². The van der Waals surface area contributed by atoms with Gasteiger partial charge < -0.3 is 10.4 Å². The lowest BCUT2D eigenvalue weighted by molar-refractivity contribution is -0.387. The van der Waals surface area contributed by atoms with Crippen LogP contribution in [0.5, 0.6) is 0 Å². The zero-order chi connectivity index (χ0) is 25.2. The molecule has 0 radical (unpaired) electrons. The second-order valence-electron chi connectivity index (χ2n) is 7.84. The number of carboxylic acid groups (broad SMARTS) is 1. The molecule has 0 unspecified atom stereocenters. The molecule has 0 spiro atoms. The van der Waals surface area contributed by atoms with E-state index in [1.165, 1.54) is 40.9 Å². The molecule has 2 heterocycles. The summed E-state index contributed by atoms with van der Waals surface area (Å²) in [5.74, 6) is -0.760. The number of thioether (sulfide) groups is 1. The minimum Gasteiger partial charge on any atom is -0.480 e. The molecule has 1 aromatic heterocycles. The Labute approximate surface area is 217 Å². The normalized spacial score (nSPS) is 17.2. The van der Waals surface area contributed by atoms with E-state index in [0.717, 1.165) is 10.2 Å². The predicted molar refractivity (Wildman–Crippen MR) is 141 cm³/mol. The van der Waals surface area contributed by atoms with E-state index in [4.69, 9.17) is 0 Å². The zero-order valence-corrected chi connectivity index (χ0v) is 20.9. The zero-order valence-electron chi connectivity index (χ0n) is 18.4. The maximum absolute atomic E-state index is 12.4. The molecule has 3 aromatic carbocycles. The highest BCUT2D eigenvalue weighted by Crippen LogP contribution is 2.42. The summed E-state index contributed by atoms with van der Waals surface area (Å²) in [6.07, 6.45) is 0. The topological polar surface area (TPSA) is 134 Å². The molecular weight excluding hydrogens is 520 g/mol. The van der Waals surface area contributed by atoms with Crippen molar-refractivity contribution in [1.82, 2.24) is 10.3 Å². The van der Waals surface area contributed by atoms with Crippen molar-refractivity contribution in [3.8, 4) is 0 Å². The number of nitro benzene ring substituents is 1. The lowest BCUT2D eigenvalue weighted by atomic mass is 10.2. The average molecular weight is 539 g/mol. The molecule has 1 aliphatic heterocycles. The number of thiazole rings is 1. The number of anilines is 1. The smallest absolute Gasteiger partial charge is 0.321 e. The average Bonchev–Trinajstić information content (AvgIpc) is 3.52. The first-order chi connectivity index (χ1) is 17.4. The van der Waals surface area contributed by atoms with Crippen LogP contribution >= 0.6 is 34.9 Å². The molecule has 182 valence electrons. The van der Waals surface area contributed by atoms with Crippen LogP contribution in [0.15, 0.2) is 76.0 Å². The summed E-state index contributed by atoms with van der Waals surface area (Å²) in [6, 6.07) is 18.6. The summed E-state index contributed by atoms with van der Waals surface area (Å²) in [5, 5.41) is 26.5. The highest BCUT2D eigenvalue weighted by Gasteiger charge is 2.31. The summed E-state index contributed by atoms with van der Waals surface area (Å²) >= 11 is 3.99. The van der Waals surface area contributed by atoms with Crippen molar-refractivity contribution in [1.29, 1.82) is 0 Å². The van der Waals surface area contributed by atoms with E-state index in [1.807, 2.05) is 12.1 Å². The number of amides is 1. The number of aliphatic carboxylic acids is 1. The van der Waals surface area contributed by atoms with Crippen LogP contribution in [0.25, 0.3) is 10.2 Å². The monoisotopic (exact) mass is 538 g/mol. The fourth-order valence-electron chi connectivity index (χ4n) is 3.64. The van der Waals surface area contributed by atoms with Crippen LogP contribution in [0.1, 0.15) is 21.3 Å². The summed E-state index contributed by atoms with van der Waals surface area (Å²) in [6.45, 7) is 0. The van der Waals surface area contributed by atoms with Crippen LogP contribution in [-0.4, -0.2) is 38.7 Å². The van der Waals surface area contributed by atoms with Gasteiger partial charge in [0.05, 0.1) is 25.4 Å². The van der Waals surface area contributed by atoms with Gasteiger partial charge in [0.2, 0.25) is 0 Å². The van der Waals surface area contributed by atoms with Crippen molar-refractivity contribution >= 4 is 68.3 Å². The number of nitrogens with zero attached hydrogens (tertiary/aromatic N) is 2. The molecule has 0 saturated carbocycles. The molecule has 1 aliphatic rings. The van der Waals surface area contributed by atoms with Crippen LogP contribution in [0.2, 0.25) is 0 Å². The van der Waals surface area contributed by atoms with Crippen LogP contribution in [0.4, 0.5) is 11.4 Å². The van der Waals surface area contributed by atoms with E-state index in [1.54, 1.807) is 48.5 Å². The predicted octanol–water partition coefficient (Wildman–Crippen LogP) is 5.40. The molecule has 4 aromatic rings. The minimum absolute atomic E-state index is 0.0613. The van der Waals surface area contributed by atoms with Gasteiger partial charge in [-0.15, -0.1) is 23.1 Å². The number of benzene rings is 3. The largest absolute Gasteiger partial charge is 0.480 e. The highest BCUT2D eigenvalue weighted by molar-refractivity contribution is 8.01. The number of carboxylic acids is 1. The van der Waals surface area contributed by atoms with E-state index in [9.17, 15) is 24.8 Å². The van der Waals surface area contributed by atoms with Crippen LogP contribution in [-0.2, 0) is 4.79 Å². The molecule has 12 heteroatoms. The molecule has 1 saturated heterocycles. The van der Waals surface area contributed by atoms with Gasteiger partial charge in [-0.3, -0.25) is 25.0 Å². The Kier molecular flexibility index (Phi) is 6.92. The third-order valence-corrected chi connectivity index (χ3v) is 8.83. The molecule has 2 atom stereocenters. The standard InChI is InChI=1S/C24H18N4O5S3/c29-21(13-4-2-1-3-5-13)25-15-7-8-16-20(11-15)36-24(27-16)35-19-9-6-14(10-18(19)28(32)33)22-26-17(12-34-22)23(30)31/h1-11,17,22,26H,12H2,(H,25,29)(H,30,31)/t17-,22+/m0/s1. The maximum atomic E-state index is 12.4. The van der Waals surface area contributed by atoms with Crippen molar-refractivity contribution < 1.29 is 19.6 Å². The molecule has 1 fully saturated rings. The van der Waals surface area contributed by atoms with Gasteiger partial charge >= 0.3 is 5.97 Å². The van der Waals surface area contributed by atoms with Crippen LogP contribution in [0, 0.1) is 10.1 Å². The molecule has 5 rings (SSSR count). The van der Waals surface area contributed by atoms with Gasteiger partial charge in [-0.2, -0.15) is 0 Å². The lowest BCUT2D eigenvalue weighted by Crippen LogP contribution is -2.33. The number of carbonyl (C=O) groups excluding carboxylic acids is 1. The van der Waals surface area contributed by atoms with Gasteiger partial charge in [-0.25, -0.2) is 4.98 Å². The van der Waals surface area contributed by atoms with Gasteiger partial charge in [0.1, 0.15) is 6.04 Å². The highest BCUT2D eigenvalue weighted by atomic mass is 32.2. The van der Waals surface area contributed by atoms with E-state index in [-0.39, 0.29) is 17.0 Å². The number of nitrogens with one attached hydrogen (secondary N) is 2. The fourth-order valence-corrected chi connectivity index (χ4v) is 7.02. The third kappa shape index (κ3) is 5.21. The van der Waals surface area contributed by atoms with Crippen molar-refractivity contribution in [3.05, 3.63) is 88.0 Å². The van der Waals surface area contributed by atoms with Gasteiger partial charge in [0, 0.05) is 23.1 Å². The second-order valence-corrected chi connectivity index (χ2v) is 11.3. The molecule has 0 aliphatic carbocycles. The Morgan fingerprint density at radius 2 is 1.94 bits per heavy atom. The van der Waals surface area contributed by atoms with Crippen molar-refractivity contribution in [2.75, 3.05) is 11.1 Å². The van der Waals surface area contributed by atoms with Gasteiger partial charge in [0.15, 0.2) is 4.34 Å². The third-order valence-electron chi connectivity index (χ3n) is 5.42. The van der Waals surface area contributed by atoms with E-state index >= 15 is 0 Å². The second kappa shape index (κ2) is 10.3. The number of rotatable bonds is 7. The van der Waals surface area contributed by atoms with E-state index in [0.29, 0.717) is 31.8 Å². The number of nitro groups is 1. The number of carbonyl (C=O) groups is 2. The lowest BCUT2D eigenvalue weighted by Gasteiger charge is -2.12. The molecule has 36 heavy (non-hydrogen) atoms. The minimum atomic E-state index is -0.940. The first-order valence-electron chi connectivity index (χ1n) is 10.7. The van der Waals surface area contributed by atoms with Gasteiger partial charge in [-0.05, 0) is 42.0 Å².